The Bertz CT molecular complexity index is 682. The zero-order chi connectivity index (χ0) is 18.6. The molecule has 1 saturated heterocycles. The molecular formula is C17H27N3O4S. The highest BCUT2D eigenvalue weighted by molar-refractivity contribution is 7.92. The highest BCUT2D eigenvalue weighted by Crippen LogP contribution is 2.22. The van der Waals surface area contributed by atoms with Gasteiger partial charge in [0.15, 0.2) is 6.10 Å². The SMILES string of the molecule is CCC(Oc1ccc(N(C)S(C)(=O)=O)cc1)C(=O)N1CCN(C)CC1. The number of carbonyl (C=O) groups is 1. The van der Waals surface area contributed by atoms with Gasteiger partial charge in [0, 0.05) is 33.2 Å². The van der Waals surface area contributed by atoms with Crippen LogP contribution in [0.15, 0.2) is 24.3 Å². The third kappa shape index (κ3) is 5.09. The second-order valence-corrected chi connectivity index (χ2v) is 8.38. The van der Waals surface area contributed by atoms with Crippen molar-refractivity contribution in [3.05, 3.63) is 24.3 Å². The van der Waals surface area contributed by atoms with Crippen LogP contribution < -0.4 is 9.04 Å². The summed E-state index contributed by atoms with van der Waals surface area (Å²) in [5.41, 5.74) is 0.549. The van der Waals surface area contributed by atoms with E-state index in [4.69, 9.17) is 4.74 Å². The van der Waals surface area contributed by atoms with Gasteiger partial charge in [-0.25, -0.2) is 8.42 Å². The van der Waals surface area contributed by atoms with Gasteiger partial charge in [-0.15, -0.1) is 0 Å². The summed E-state index contributed by atoms with van der Waals surface area (Å²) in [7, 11) is 0.242. The summed E-state index contributed by atoms with van der Waals surface area (Å²) < 4.78 is 30.2. The number of hydrogen-bond donors (Lipinski definition) is 0. The van der Waals surface area contributed by atoms with Crippen LogP contribution in [0.1, 0.15) is 13.3 Å². The van der Waals surface area contributed by atoms with Gasteiger partial charge in [0.2, 0.25) is 10.0 Å². The predicted molar refractivity (Wildman–Crippen MR) is 98.5 cm³/mol. The van der Waals surface area contributed by atoms with Crippen molar-refractivity contribution in [2.75, 3.05) is 50.8 Å². The van der Waals surface area contributed by atoms with Gasteiger partial charge < -0.3 is 14.5 Å². The van der Waals surface area contributed by atoms with E-state index in [0.29, 0.717) is 30.9 Å². The molecule has 1 aromatic carbocycles. The first-order valence-electron chi connectivity index (χ1n) is 8.40. The number of rotatable bonds is 6. The van der Waals surface area contributed by atoms with E-state index in [9.17, 15) is 13.2 Å². The van der Waals surface area contributed by atoms with Crippen molar-refractivity contribution in [2.24, 2.45) is 0 Å². The fourth-order valence-electron chi connectivity index (χ4n) is 2.63. The van der Waals surface area contributed by atoms with Crippen LogP contribution in [-0.2, 0) is 14.8 Å². The largest absolute Gasteiger partial charge is 0.481 e. The van der Waals surface area contributed by atoms with E-state index in [1.807, 2.05) is 18.9 Å². The van der Waals surface area contributed by atoms with E-state index in [2.05, 4.69) is 4.90 Å². The fraction of sp³-hybridized carbons (Fsp3) is 0.588. The molecule has 8 heteroatoms. The van der Waals surface area contributed by atoms with Crippen LogP contribution in [0.5, 0.6) is 5.75 Å². The highest BCUT2D eigenvalue weighted by Gasteiger charge is 2.27. The number of piperazine rings is 1. The molecule has 0 radical (unpaired) electrons. The van der Waals surface area contributed by atoms with Gasteiger partial charge in [-0.05, 0) is 37.7 Å². The Labute approximate surface area is 150 Å². The normalized spacial score (nSPS) is 17.2. The van der Waals surface area contributed by atoms with Crippen LogP contribution in [0.4, 0.5) is 5.69 Å². The second-order valence-electron chi connectivity index (χ2n) is 6.37. The minimum absolute atomic E-state index is 0.00734. The zero-order valence-electron chi connectivity index (χ0n) is 15.3. The Morgan fingerprint density at radius 1 is 1.20 bits per heavy atom. The van der Waals surface area contributed by atoms with E-state index in [0.717, 1.165) is 19.3 Å². The van der Waals surface area contributed by atoms with Crippen molar-refractivity contribution in [1.29, 1.82) is 0 Å². The molecule has 25 heavy (non-hydrogen) atoms. The van der Waals surface area contributed by atoms with Crippen molar-refractivity contribution >= 4 is 21.6 Å². The third-order valence-corrected chi connectivity index (χ3v) is 5.64. The standard InChI is InChI=1S/C17H27N3O4S/c1-5-16(17(21)20-12-10-18(2)11-13-20)24-15-8-6-14(7-9-15)19(3)25(4,22)23/h6-9,16H,5,10-13H2,1-4H3. The number of hydrogen-bond acceptors (Lipinski definition) is 5. The third-order valence-electron chi connectivity index (χ3n) is 4.44. The molecule has 7 nitrogen and oxygen atoms in total. The maximum atomic E-state index is 12.6. The maximum Gasteiger partial charge on any atom is 0.263 e. The van der Waals surface area contributed by atoms with Crippen molar-refractivity contribution < 1.29 is 17.9 Å². The van der Waals surface area contributed by atoms with Gasteiger partial charge in [0.05, 0.1) is 11.9 Å². The second kappa shape index (κ2) is 8.05. The van der Waals surface area contributed by atoms with E-state index in [1.165, 1.54) is 11.4 Å². The van der Waals surface area contributed by atoms with Crippen LogP contribution in [0, 0.1) is 0 Å². The first-order valence-corrected chi connectivity index (χ1v) is 10.2. The molecule has 1 fully saturated rings. The monoisotopic (exact) mass is 369 g/mol. The summed E-state index contributed by atoms with van der Waals surface area (Å²) >= 11 is 0. The summed E-state index contributed by atoms with van der Waals surface area (Å²) in [6, 6.07) is 6.72. The lowest BCUT2D eigenvalue weighted by atomic mass is 10.2. The van der Waals surface area contributed by atoms with Crippen molar-refractivity contribution in [2.45, 2.75) is 19.4 Å². The minimum atomic E-state index is -3.30. The average molecular weight is 369 g/mol. The Balaban J connectivity index is 2.02. The van der Waals surface area contributed by atoms with E-state index in [-0.39, 0.29) is 5.91 Å². The summed E-state index contributed by atoms with van der Waals surface area (Å²) in [6.07, 6.45) is 1.21. The van der Waals surface area contributed by atoms with Crippen LogP contribution >= 0.6 is 0 Å². The summed E-state index contributed by atoms with van der Waals surface area (Å²) in [5, 5.41) is 0. The fourth-order valence-corrected chi connectivity index (χ4v) is 3.13. The topological polar surface area (TPSA) is 70.2 Å². The van der Waals surface area contributed by atoms with Crippen molar-refractivity contribution in [3.8, 4) is 5.75 Å². The van der Waals surface area contributed by atoms with Crippen molar-refractivity contribution in [1.82, 2.24) is 9.80 Å². The first kappa shape index (κ1) is 19.5. The van der Waals surface area contributed by atoms with Crippen LogP contribution in [0.3, 0.4) is 0 Å². The number of carbonyl (C=O) groups excluding carboxylic acids is 1. The number of benzene rings is 1. The molecule has 1 heterocycles. The van der Waals surface area contributed by atoms with Crippen LogP contribution in [0.25, 0.3) is 0 Å². The summed E-state index contributed by atoms with van der Waals surface area (Å²) in [4.78, 5) is 16.7. The molecule has 1 aliphatic rings. The molecule has 0 saturated carbocycles. The average Bonchev–Trinajstić information content (AvgIpc) is 2.59. The Hall–Kier alpha value is -1.80. The number of nitrogens with zero attached hydrogens (tertiary/aromatic N) is 3. The molecule has 0 N–H and O–H groups in total. The van der Waals surface area contributed by atoms with Gasteiger partial charge in [-0.2, -0.15) is 0 Å². The molecule has 1 unspecified atom stereocenters. The minimum Gasteiger partial charge on any atom is -0.481 e. The predicted octanol–water partition coefficient (Wildman–Crippen LogP) is 1.01. The van der Waals surface area contributed by atoms with Gasteiger partial charge >= 0.3 is 0 Å². The molecule has 0 spiro atoms. The molecule has 2 rings (SSSR count). The van der Waals surface area contributed by atoms with Gasteiger partial charge in [0.25, 0.3) is 5.91 Å². The Morgan fingerprint density at radius 2 is 1.76 bits per heavy atom. The van der Waals surface area contributed by atoms with Gasteiger partial charge in [0.1, 0.15) is 5.75 Å². The molecule has 0 bridgehead atoms. The van der Waals surface area contributed by atoms with E-state index >= 15 is 0 Å². The first-order chi connectivity index (χ1) is 11.7. The zero-order valence-corrected chi connectivity index (χ0v) is 16.1. The number of likely N-dealkylation sites (N-methyl/N-ethyl adjacent to an activating group) is 1. The lowest BCUT2D eigenvalue weighted by molar-refractivity contribution is -0.140. The number of sulfonamides is 1. The molecular weight excluding hydrogens is 342 g/mol. The number of anilines is 1. The molecule has 1 atom stereocenters. The lowest BCUT2D eigenvalue weighted by Crippen LogP contribution is -2.51. The molecule has 0 aliphatic carbocycles. The highest BCUT2D eigenvalue weighted by atomic mass is 32.2. The Morgan fingerprint density at radius 3 is 2.24 bits per heavy atom. The maximum absolute atomic E-state index is 12.6. The van der Waals surface area contributed by atoms with Crippen LogP contribution in [0.2, 0.25) is 0 Å². The van der Waals surface area contributed by atoms with Gasteiger partial charge in [-0.1, -0.05) is 6.92 Å². The number of amides is 1. The number of ether oxygens (including phenoxy) is 1. The van der Waals surface area contributed by atoms with Crippen molar-refractivity contribution in [3.63, 3.8) is 0 Å². The molecule has 1 amide bonds. The van der Waals surface area contributed by atoms with Gasteiger partial charge in [-0.3, -0.25) is 9.10 Å². The Kier molecular flexibility index (Phi) is 6.29. The lowest BCUT2D eigenvalue weighted by Gasteiger charge is -2.34. The molecule has 140 valence electrons. The molecule has 1 aliphatic heterocycles. The molecule has 1 aromatic rings. The van der Waals surface area contributed by atoms with Crippen LogP contribution in [-0.4, -0.2) is 76.8 Å². The van der Waals surface area contributed by atoms with E-state index < -0.39 is 16.1 Å². The van der Waals surface area contributed by atoms with E-state index in [1.54, 1.807) is 24.3 Å². The smallest absolute Gasteiger partial charge is 0.263 e. The molecule has 0 aromatic heterocycles. The summed E-state index contributed by atoms with van der Waals surface area (Å²) in [5.74, 6) is 0.563. The quantitative estimate of drug-likeness (QED) is 0.749. The summed E-state index contributed by atoms with van der Waals surface area (Å²) in [6.45, 7) is 5.09.